The van der Waals surface area contributed by atoms with Gasteiger partial charge in [0.15, 0.2) is 0 Å². The van der Waals surface area contributed by atoms with Crippen LogP contribution in [0.3, 0.4) is 0 Å². The Labute approximate surface area is 119 Å². The van der Waals surface area contributed by atoms with Crippen molar-refractivity contribution in [3.05, 3.63) is 64.0 Å². The molecular formula is C14H12FN3O3. The molecule has 2 aromatic rings. The van der Waals surface area contributed by atoms with Crippen LogP contribution in [0.1, 0.15) is 5.56 Å². The lowest BCUT2D eigenvalue weighted by Gasteiger charge is -2.07. The van der Waals surface area contributed by atoms with Gasteiger partial charge in [0.05, 0.1) is 17.0 Å². The van der Waals surface area contributed by atoms with Crippen LogP contribution >= 0.6 is 0 Å². The quantitative estimate of drug-likeness (QED) is 0.513. The number of carbonyl (C=O) groups is 1. The van der Waals surface area contributed by atoms with E-state index in [1.165, 1.54) is 0 Å². The molecule has 0 bridgehead atoms. The summed E-state index contributed by atoms with van der Waals surface area (Å²) in [4.78, 5) is 21.8. The molecule has 0 saturated heterocycles. The van der Waals surface area contributed by atoms with Crippen LogP contribution in [0.5, 0.6) is 0 Å². The molecule has 0 unspecified atom stereocenters. The Bertz CT molecular complexity index is 704. The van der Waals surface area contributed by atoms with E-state index in [-0.39, 0.29) is 17.8 Å². The number of anilines is 2. The first-order valence-electron chi connectivity index (χ1n) is 6.04. The molecule has 0 radical (unpaired) electrons. The lowest BCUT2D eigenvalue weighted by molar-refractivity contribution is -0.384. The number of nitro benzene ring substituents is 1. The minimum atomic E-state index is -0.735. The van der Waals surface area contributed by atoms with E-state index < -0.39 is 16.6 Å². The van der Waals surface area contributed by atoms with Gasteiger partial charge in [-0.2, -0.15) is 0 Å². The third kappa shape index (κ3) is 3.75. The van der Waals surface area contributed by atoms with Crippen LogP contribution in [0, 0.1) is 15.9 Å². The summed E-state index contributed by atoms with van der Waals surface area (Å²) in [6.45, 7) is 0. The highest BCUT2D eigenvalue weighted by molar-refractivity contribution is 5.92. The highest BCUT2D eigenvalue weighted by Crippen LogP contribution is 2.21. The molecule has 3 N–H and O–H groups in total. The zero-order valence-electron chi connectivity index (χ0n) is 10.9. The van der Waals surface area contributed by atoms with Crippen LogP contribution in [-0.4, -0.2) is 10.8 Å². The van der Waals surface area contributed by atoms with E-state index in [0.717, 1.165) is 18.2 Å². The Kier molecular flexibility index (Phi) is 4.13. The minimum Gasteiger partial charge on any atom is -0.399 e. The Hall–Kier alpha value is -2.96. The SMILES string of the molecule is Nc1cccc(CC(=O)Nc2cc([N+](=O)[O-])ccc2F)c1. The van der Waals surface area contributed by atoms with Crippen molar-refractivity contribution in [2.75, 3.05) is 11.1 Å². The zero-order valence-corrected chi connectivity index (χ0v) is 10.9. The smallest absolute Gasteiger partial charge is 0.271 e. The van der Waals surface area contributed by atoms with E-state index in [9.17, 15) is 19.3 Å². The number of nitrogens with zero attached hydrogens (tertiary/aromatic N) is 1. The van der Waals surface area contributed by atoms with Crippen molar-refractivity contribution < 1.29 is 14.1 Å². The minimum absolute atomic E-state index is 0.00677. The predicted octanol–water partition coefficient (Wildman–Crippen LogP) is 2.50. The molecule has 0 heterocycles. The number of nitro groups is 1. The third-order valence-corrected chi connectivity index (χ3v) is 2.75. The molecule has 108 valence electrons. The molecule has 0 fully saturated rings. The van der Waals surface area contributed by atoms with Gasteiger partial charge in [0.2, 0.25) is 5.91 Å². The summed E-state index contributed by atoms with van der Waals surface area (Å²) in [6, 6.07) is 9.67. The van der Waals surface area contributed by atoms with E-state index in [1.807, 2.05) is 0 Å². The van der Waals surface area contributed by atoms with Crippen LogP contribution < -0.4 is 11.1 Å². The summed E-state index contributed by atoms with van der Waals surface area (Å²) in [7, 11) is 0. The summed E-state index contributed by atoms with van der Waals surface area (Å²) >= 11 is 0. The zero-order chi connectivity index (χ0) is 15.4. The summed E-state index contributed by atoms with van der Waals surface area (Å²) in [6.07, 6.45) is -0.00677. The van der Waals surface area contributed by atoms with E-state index >= 15 is 0 Å². The molecule has 1 amide bonds. The molecule has 0 aromatic heterocycles. The number of amides is 1. The van der Waals surface area contributed by atoms with Crippen LogP contribution in [0.15, 0.2) is 42.5 Å². The molecule has 2 aromatic carbocycles. The van der Waals surface area contributed by atoms with E-state index in [4.69, 9.17) is 5.73 Å². The molecule has 0 aliphatic rings. The van der Waals surface area contributed by atoms with Crippen molar-refractivity contribution in [1.29, 1.82) is 0 Å². The number of benzene rings is 2. The first-order valence-corrected chi connectivity index (χ1v) is 6.04. The maximum absolute atomic E-state index is 13.5. The molecule has 2 rings (SSSR count). The fourth-order valence-corrected chi connectivity index (χ4v) is 1.81. The van der Waals surface area contributed by atoms with Crippen molar-refractivity contribution in [3.8, 4) is 0 Å². The Balaban J connectivity index is 2.12. The van der Waals surface area contributed by atoms with Gasteiger partial charge in [-0.25, -0.2) is 4.39 Å². The maximum Gasteiger partial charge on any atom is 0.271 e. The summed E-state index contributed by atoms with van der Waals surface area (Å²) in [5.74, 6) is -1.22. The van der Waals surface area contributed by atoms with Crippen molar-refractivity contribution in [2.24, 2.45) is 0 Å². The number of nitrogen functional groups attached to an aromatic ring is 1. The molecule has 21 heavy (non-hydrogen) atoms. The van der Waals surface area contributed by atoms with E-state index in [2.05, 4.69) is 5.32 Å². The molecule has 6 nitrogen and oxygen atoms in total. The number of carbonyl (C=O) groups excluding carboxylic acids is 1. The van der Waals surface area contributed by atoms with Crippen LogP contribution in [0.4, 0.5) is 21.5 Å². The van der Waals surface area contributed by atoms with Crippen molar-refractivity contribution in [1.82, 2.24) is 0 Å². The van der Waals surface area contributed by atoms with E-state index in [0.29, 0.717) is 11.3 Å². The largest absolute Gasteiger partial charge is 0.399 e. The Morgan fingerprint density at radius 3 is 2.71 bits per heavy atom. The second-order valence-corrected chi connectivity index (χ2v) is 4.39. The number of halogens is 1. The second kappa shape index (κ2) is 6.00. The molecule has 7 heteroatoms. The number of nitrogens with one attached hydrogen (secondary N) is 1. The fraction of sp³-hybridized carbons (Fsp3) is 0.0714. The number of rotatable bonds is 4. The highest BCUT2D eigenvalue weighted by atomic mass is 19.1. The Morgan fingerprint density at radius 1 is 1.29 bits per heavy atom. The van der Waals surface area contributed by atoms with Gasteiger partial charge in [0, 0.05) is 17.8 Å². The molecule has 0 aliphatic heterocycles. The summed E-state index contributed by atoms with van der Waals surface area (Å²) in [5, 5.41) is 12.9. The number of hydrogen-bond donors (Lipinski definition) is 2. The summed E-state index contributed by atoms with van der Waals surface area (Å²) < 4.78 is 13.5. The lowest BCUT2D eigenvalue weighted by Crippen LogP contribution is -2.15. The van der Waals surface area contributed by atoms with Gasteiger partial charge in [-0.1, -0.05) is 12.1 Å². The highest BCUT2D eigenvalue weighted by Gasteiger charge is 2.13. The standard InChI is InChI=1S/C14H12FN3O3/c15-12-5-4-11(18(20)21)8-13(12)17-14(19)7-9-2-1-3-10(16)6-9/h1-6,8H,7,16H2,(H,17,19). The van der Waals surface area contributed by atoms with Crippen LogP contribution in [-0.2, 0) is 11.2 Å². The average Bonchev–Trinajstić information content (AvgIpc) is 2.41. The lowest BCUT2D eigenvalue weighted by atomic mass is 10.1. The van der Waals surface area contributed by atoms with Gasteiger partial charge in [-0.3, -0.25) is 14.9 Å². The van der Waals surface area contributed by atoms with Gasteiger partial charge in [-0.05, 0) is 23.8 Å². The first kappa shape index (κ1) is 14.4. The van der Waals surface area contributed by atoms with Crippen LogP contribution in [0.25, 0.3) is 0 Å². The van der Waals surface area contributed by atoms with Gasteiger partial charge < -0.3 is 11.1 Å². The van der Waals surface area contributed by atoms with Gasteiger partial charge in [-0.15, -0.1) is 0 Å². The normalized spacial score (nSPS) is 10.1. The second-order valence-electron chi connectivity index (χ2n) is 4.39. The van der Waals surface area contributed by atoms with Gasteiger partial charge in [0.25, 0.3) is 5.69 Å². The van der Waals surface area contributed by atoms with Crippen molar-refractivity contribution >= 4 is 23.0 Å². The van der Waals surface area contributed by atoms with Gasteiger partial charge in [0.1, 0.15) is 5.82 Å². The molecule has 0 aliphatic carbocycles. The Morgan fingerprint density at radius 2 is 2.05 bits per heavy atom. The molecule has 0 atom stereocenters. The number of hydrogen-bond acceptors (Lipinski definition) is 4. The topological polar surface area (TPSA) is 98.3 Å². The van der Waals surface area contributed by atoms with Gasteiger partial charge >= 0.3 is 0 Å². The van der Waals surface area contributed by atoms with Crippen molar-refractivity contribution in [3.63, 3.8) is 0 Å². The fourth-order valence-electron chi connectivity index (χ4n) is 1.81. The van der Waals surface area contributed by atoms with Crippen molar-refractivity contribution in [2.45, 2.75) is 6.42 Å². The molecular weight excluding hydrogens is 277 g/mol. The summed E-state index contributed by atoms with van der Waals surface area (Å²) in [5.41, 5.74) is 6.26. The monoisotopic (exact) mass is 289 g/mol. The first-order chi connectivity index (χ1) is 9.95. The third-order valence-electron chi connectivity index (χ3n) is 2.75. The van der Waals surface area contributed by atoms with Crippen LogP contribution in [0.2, 0.25) is 0 Å². The van der Waals surface area contributed by atoms with E-state index in [1.54, 1.807) is 24.3 Å². The number of nitrogens with two attached hydrogens (primary N) is 1. The number of non-ortho nitro benzene ring substituents is 1. The molecule has 0 spiro atoms. The molecule has 0 saturated carbocycles. The predicted molar refractivity (Wildman–Crippen MR) is 76.2 cm³/mol. The average molecular weight is 289 g/mol. The maximum atomic E-state index is 13.5.